The third-order valence-corrected chi connectivity index (χ3v) is 4.38. The standard InChI is InChI=1S/C14H22N4O/c19-14(13-10-16-7-8-17-13)4-1-11(2-5-14)18-12-3-6-15-9-12/h7-8,10-12,15,18-19H,1-6,9H2/t11?,12-,14?/m0/s1. The van der Waals surface area contributed by atoms with E-state index in [9.17, 15) is 5.11 Å². The molecule has 0 unspecified atom stereocenters. The summed E-state index contributed by atoms with van der Waals surface area (Å²) in [6.45, 7) is 2.19. The second kappa shape index (κ2) is 5.53. The van der Waals surface area contributed by atoms with Crippen LogP contribution in [0.4, 0.5) is 0 Å². The predicted octanol–water partition coefficient (Wildman–Crippen LogP) is 0.558. The van der Waals surface area contributed by atoms with Crippen LogP contribution in [-0.2, 0) is 5.60 Å². The lowest BCUT2D eigenvalue weighted by molar-refractivity contribution is -0.0133. The summed E-state index contributed by atoms with van der Waals surface area (Å²) in [5, 5.41) is 17.7. The van der Waals surface area contributed by atoms with E-state index in [1.807, 2.05) is 0 Å². The summed E-state index contributed by atoms with van der Waals surface area (Å²) >= 11 is 0. The predicted molar refractivity (Wildman–Crippen MR) is 72.6 cm³/mol. The number of aliphatic hydroxyl groups is 1. The average Bonchev–Trinajstić information content (AvgIpc) is 2.96. The van der Waals surface area contributed by atoms with Gasteiger partial charge in [-0.2, -0.15) is 0 Å². The molecule has 2 fully saturated rings. The second-order valence-corrected chi connectivity index (χ2v) is 5.75. The molecule has 1 aliphatic carbocycles. The van der Waals surface area contributed by atoms with Crippen molar-refractivity contribution in [2.75, 3.05) is 13.1 Å². The Morgan fingerprint density at radius 3 is 2.68 bits per heavy atom. The lowest BCUT2D eigenvalue weighted by atomic mass is 9.80. The van der Waals surface area contributed by atoms with Gasteiger partial charge in [0.2, 0.25) is 0 Å². The van der Waals surface area contributed by atoms with Gasteiger partial charge in [-0.3, -0.25) is 9.97 Å². The van der Waals surface area contributed by atoms with Crippen LogP contribution >= 0.6 is 0 Å². The molecule has 0 bridgehead atoms. The Kier molecular flexibility index (Phi) is 3.77. The summed E-state index contributed by atoms with van der Waals surface area (Å²) in [4.78, 5) is 8.32. The molecule has 0 radical (unpaired) electrons. The van der Waals surface area contributed by atoms with Crippen molar-refractivity contribution in [1.29, 1.82) is 0 Å². The zero-order valence-corrected chi connectivity index (χ0v) is 11.2. The highest BCUT2D eigenvalue weighted by atomic mass is 16.3. The van der Waals surface area contributed by atoms with Crippen molar-refractivity contribution in [3.63, 3.8) is 0 Å². The van der Waals surface area contributed by atoms with Crippen molar-refractivity contribution < 1.29 is 5.11 Å². The first kappa shape index (κ1) is 13.0. The maximum Gasteiger partial charge on any atom is 0.108 e. The quantitative estimate of drug-likeness (QED) is 0.742. The van der Waals surface area contributed by atoms with Crippen molar-refractivity contribution in [3.05, 3.63) is 24.3 Å². The summed E-state index contributed by atoms with van der Waals surface area (Å²) in [6.07, 6.45) is 9.74. The monoisotopic (exact) mass is 262 g/mol. The zero-order valence-electron chi connectivity index (χ0n) is 11.2. The van der Waals surface area contributed by atoms with Crippen LogP contribution in [0.3, 0.4) is 0 Å². The van der Waals surface area contributed by atoms with Gasteiger partial charge in [-0.15, -0.1) is 0 Å². The molecule has 1 aromatic rings. The molecule has 1 aromatic heterocycles. The summed E-state index contributed by atoms with van der Waals surface area (Å²) in [6, 6.07) is 1.13. The van der Waals surface area contributed by atoms with E-state index in [1.165, 1.54) is 6.42 Å². The van der Waals surface area contributed by atoms with Crippen LogP contribution in [0.2, 0.25) is 0 Å². The molecule has 0 amide bonds. The van der Waals surface area contributed by atoms with E-state index in [-0.39, 0.29) is 0 Å². The number of nitrogens with one attached hydrogen (secondary N) is 2. The minimum atomic E-state index is -0.777. The van der Waals surface area contributed by atoms with Crippen LogP contribution in [0.25, 0.3) is 0 Å². The molecule has 104 valence electrons. The Morgan fingerprint density at radius 2 is 2.05 bits per heavy atom. The van der Waals surface area contributed by atoms with Gasteiger partial charge in [-0.05, 0) is 38.6 Å². The first-order valence-corrected chi connectivity index (χ1v) is 7.22. The van der Waals surface area contributed by atoms with Gasteiger partial charge in [0.25, 0.3) is 0 Å². The minimum Gasteiger partial charge on any atom is -0.383 e. The molecule has 1 atom stereocenters. The third kappa shape index (κ3) is 2.94. The first-order chi connectivity index (χ1) is 9.26. The Labute approximate surface area is 113 Å². The van der Waals surface area contributed by atoms with Gasteiger partial charge in [0, 0.05) is 31.0 Å². The molecule has 2 heterocycles. The van der Waals surface area contributed by atoms with Crippen LogP contribution in [0.1, 0.15) is 37.8 Å². The molecule has 0 spiro atoms. The molecular formula is C14H22N4O. The van der Waals surface area contributed by atoms with Crippen LogP contribution in [0, 0.1) is 0 Å². The number of hydrogen-bond acceptors (Lipinski definition) is 5. The Balaban J connectivity index is 1.56. The summed E-state index contributed by atoms with van der Waals surface area (Å²) < 4.78 is 0. The molecule has 2 aliphatic rings. The molecular weight excluding hydrogens is 240 g/mol. The Hall–Kier alpha value is -1.04. The molecule has 19 heavy (non-hydrogen) atoms. The van der Waals surface area contributed by atoms with Crippen LogP contribution in [0.15, 0.2) is 18.6 Å². The summed E-state index contributed by atoms with van der Waals surface area (Å²) in [7, 11) is 0. The molecule has 1 saturated carbocycles. The fourth-order valence-electron chi connectivity index (χ4n) is 3.19. The van der Waals surface area contributed by atoms with Crippen LogP contribution in [-0.4, -0.2) is 40.2 Å². The van der Waals surface area contributed by atoms with Crippen molar-refractivity contribution in [2.45, 2.75) is 49.8 Å². The first-order valence-electron chi connectivity index (χ1n) is 7.22. The van der Waals surface area contributed by atoms with Crippen LogP contribution < -0.4 is 10.6 Å². The van der Waals surface area contributed by atoms with Gasteiger partial charge in [0.05, 0.1) is 11.9 Å². The van der Waals surface area contributed by atoms with Crippen molar-refractivity contribution in [2.24, 2.45) is 0 Å². The molecule has 5 heteroatoms. The van der Waals surface area contributed by atoms with Gasteiger partial charge in [0.15, 0.2) is 0 Å². The number of rotatable bonds is 3. The Morgan fingerprint density at radius 1 is 1.21 bits per heavy atom. The van der Waals surface area contributed by atoms with E-state index >= 15 is 0 Å². The van der Waals surface area contributed by atoms with E-state index < -0.39 is 5.60 Å². The fraction of sp³-hybridized carbons (Fsp3) is 0.714. The molecule has 5 nitrogen and oxygen atoms in total. The highest BCUT2D eigenvalue weighted by Crippen LogP contribution is 2.35. The molecule has 1 aliphatic heterocycles. The SMILES string of the molecule is OC1(c2cnccn2)CCC(N[C@H]2CCNC2)CC1. The second-order valence-electron chi connectivity index (χ2n) is 5.75. The molecule has 3 N–H and O–H groups in total. The number of aromatic nitrogens is 2. The topological polar surface area (TPSA) is 70.1 Å². The van der Waals surface area contributed by atoms with Gasteiger partial charge in [0.1, 0.15) is 5.60 Å². The maximum atomic E-state index is 10.7. The maximum absolute atomic E-state index is 10.7. The lowest BCUT2D eigenvalue weighted by Crippen LogP contribution is -2.45. The van der Waals surface area contributed by atoms with Gasteiger partial charge in [-0.25, -0.2) is 0 Å². The fourth-order valence-corrected chi connectivity index (χ4v) is 3.19. The van der Waals surface area contributed by atoms with Crippen molar-refractivity contribution in [3.8, 4) is 0 Å². The van der Waals surface area contributed by atoms with Crippen LogP contribution in [0.5, 0.6) is 0 Å². The largest absolute Gasteiger partial charge is 0.383 e. The van der Waals surface area contributed by atoms with E-state index in [0.29, 0.717) is 12.1 Å². The average molecular weight is 262 g/mol. The smallest absolute Gasteiger partial charge is 0.108 e. The minimum absolute atomic E-state index is 0.529. The van der Waals surface area contributed by atoms with E-state index in [4.69, 9.17) is 0 Å². The highest BCUT2D eigenvalue weighted by Gasteiger charge is 2.36. The van der Waals surface area contributed by atoms with Gasteiger partial charge in [-0.1, -0.05) is 0 Å². The van der Waals surface area contributed by atoms with E-state index in [0.717, 1.165) is 44.5 Å². The summed E-state index contributed by atoms with van der Waals surface area (Å²) in [5.74, 6) is 0. The van der Waals surface area contributed by atoms with Crippen molar-refractivity contribution >= 4 is 0 Å². The Bertz CT molecular complexity index is 397. The third-order valence-electron chi connectivity index (χ3n) is 4.38. The number of nitrogens with zero attached hydrogens (tertiary/aromatic N) is 2. The number of hydrogen-bond donors (Lipinski definition) is 3. The highest BCUT2D eigenvalue weighted by molar-refractivity contribution is 5.10. The van der Waals surface area contributed by atoms with Gasteiger partial charge >= 0.3 is 0 Å². The van der Waals surface area contributed by atoms with E-state index in [1.54, 1.807) is 18.6 Å². The lowest BCUT2D eigenvalue weighted by Gasteiger charge is -2.36. The molecule has 3 rings (SSSR count). The molecule has 0 aromatic carbocycles. The zero-order chi connectivity index (χ0) is 13.1. The molecule has 1 saturated heterocycles. The normalized spacial score (nSPS) is 35.4. The van der Waals surface area contributed by atoms with E-state index in [2.05, 4.69) is 20.6 Å². The summed E-state index contributed by atoms with van der Waals surface area (Å²) in [5.41, 5.74) is -0.0589. The van der Waals surface area contributed by atoms with Crippen molar-refractivity contribution in [1.82, 2.24) is 20.6 Å². The van der Waals surface area contributed by atoms with Gasteiger partial charge < -0.3 is 15.7 Å².